The molecule has 1 aromatic heterocycles. The summed E-state index contributed by atoms with van der Waals surface area (Å²) in [4.78, 5) is 4.85. The fraction of sp³-hybridized carbons (Fsp3) is 0.611. The molecule has 0 aliphatic heterocycles. The van der Waals surface area contributed by atoms with Crippen LogP contribution in [0.4, 0.5) is 0 Å². The minimum atomic E-state index is -0.562. The topological polar surface area (TPSA) is 38.0 Å². The summed E-state index contributed by atoms with van der Waals surface area (Å²) in [5.41, 5.74) is 1.75. The minimum Gasteiger partial charge on any atom is -0.388 e. The molecule has 0 bridgehead atoms. The molecule has 0 amide bonds. The summed E-state index contributed by atoms with van der Waals surface area (Å²) in [5, 5.41) is 10.8. The predicted molar refractivity (Wildman–Crippen MR) is 94.0 cm³/mol. The van der Waals surface area contributed by atoms with Gasteiger partial charge in [0.1, 0.15) is 5.82 Å². The van der Waals surface area contributed by atoms with Crippen LogP contribution in [0.1, 0.15) is 52.3 Å². The first-order valence-electron chi connectivity index (χ1n) is 8.13. The van der Waals surface area contributed by atoms with Crippen molar-refractivity contribution in [2.24, 2.45) is 5.41 Å². The number of hydrogen-bond donors (Lipinski definition) is 1. The van der Waals surface area contributed by atoms with Crippen LogP contribution < -0.4 is 0 Å². The predicted octanol–water partition coefficient (Wildman–Crippen LogP) is 4.69. The van der Waals surface area contributed by atoms with E-state index in [0.717, 1.165) is 53.4 Å². The highest BCUT2D eigenvalue weighted by Gasteiger charge is 2.33. The molecule has 0 saturated heterocycles. The second-order valence-electron chi connectivity index (χ2n) is 7.92. The molecule has 0 atom stereocenters. The zero-order chi connectivity index (χ0) is 16.0. The molecule has 3 rings (SSSR count). The van der Waals surface area contributed by atoms with Crippen LogP contribution in [0.2, 0.25) is 0 Å². The molecule has 3 nitrogen and oxygen atoms in total. The van der Waals surface area contributed by atoms with Crippen molar-refractivity contribution in [1.29, 1.82) is 0 Å². The Morgan fingerprint density at radius 2 is 1.95 bits per heavy atom. The van der Waals surface area contributed by atoms with E-state index in [0.29, 0.717) is 6.54 Å². The fourth-order valence-corrected chi connectivity index (χ4v) is 3.77. The van der Waals surface area contributed by atoms with E-state index in [2.05, 4.69) is 59.5 Å². The van der Waals surface area contributed by atoms with E-state index in [9.17, 15) is 5.11 Å². The number of hydrogen-bond acceptors (Lipinski definition) is 2. The van der Waals surface area contributed by atoms with E-state index in [1.807, 2.05) is 0 Å². The lowest BCUT2D eigenvalue weighted by atomic mass is 9.91. The number of halogens is 1. The lowest BCUT2D eigenvalue weighted by Crippen LogP contribution is -2.31. The number of aromatic nitrogens is 2. The van der Waals surface area contributed by atoms with Crippen molar-refractivity contribution >= 4 is 27.0 Å². The van der Waals surface area contributed by atoms with E-state index in [1.165, 1.54) is 0 Å². The average Bonchev–Trinajstić information content (AvgIpc) is 2.93. The van der Waals surface area contributed by atoms with Gasteiger partial charge >= 0.3 is 0 Å². The van der Waals surface area contributed by atoms with Gasteiger partial charge in [-0.1, -0.05) is 49.5 Å². The van der Waals surface area contributed by atoms with Crippen LogP contribution in [0, 0.1) is 5.41 Å². The Kier molecular flexibility index (Phi) is 4.11. The molecule has 1 saturated carbocycles. The molecule has 1 N–H and O–H groups in total. The van der Waals surface area contributed by atoms with Crippen LogP contribution >= 0.6 is 15.9 Å². The van der Waals surface area contributed by atoms with Gasteiger partial charge in [0, 0.05) is 10.9 Å². The van der Waals surface area contributed by atoms with Crippen molar-refractivity contribution in [3.8, 4) is 0 Å². The number of benzene rings is 1. The van der Waals surface area contributed by atoms with Crippen molar-refractivity contribution < 1.29 is 5.11 Å². The lowest BCUT2D eigenvalue weighted by molar-refractivity contribution is 0.0299. The Morgan fingerprint density at radius 1 is 1.27 bits per heavy atom. The van der Waals surface area contributed by atoms with Gasteiger partial charge in [0.25, 0.3) is 0 Å². The molecule has 4 heteroatoms. The van der Waals surface area contributed by atoms with Crippen LogP contribution in [0.5, 0.6) is 0 Å². The third kappa shape index (κ3) is 3.38. The monoisotopic (exact) mass is 364 g/mol. The maximum atomic E-state index is 10.8. The van der Waals surface area contributed by atoms with E-state index >= 15 is 0 Å². The van der Waals surface area contributed by atoms with E-state index in [1.54, 1.807) is 0 Å². The van der Waals surface area contributed by atoms with Gasteiger partial charge < -0.3 is 9.67 Å². The summed E-state index contributed by atoms with van der Waals surface area (Å²) in [6.45, 7) is 7.36. The molecule has 1 aromatic carbocycles. The summed E-state index contributed by atoms with van der Waals surface area (Å²) in [7, 11) is 0. The lowest BCUT2D eigenvalue weighted by Gasteiger charge is -2.26. The van der Waals surface area contributed by atoms with Crippen LogP contribution in [-0.4, -0.2) is 20.3 Å². The Balaban J connectivity index is 2.05. The summed E-state index contributed by atoms with van der Waals surface area (Å²) in [6.07, 6.45) is 4.97. The first-order chi connectivity index (χ1) is 10.3. The minimum absolute atomic E-state index is 0.175. The van der Waals surface area contributed by atoms with Crippen molar-refractivity contribution in [3.05, 3.63) is 28.5 Å². The third-order valence-corrected chi connectivity index (χ3v) is 4.96. The Bertz CT molecular complexity index is 678. The zero-order valence-electron chi connectivity index (χ0n) is 13.7. The van der Waals surface area contributed by atoms with Crippen LogP contribution in [0.25, 0.3) is 11.0 Å². The van der Waals surface area contributed by atoms with Gasteiger partial charge in [0.15, 0.2) is 0 Å². The van der Waals surface area contributed by atoms with Crippen molar-refractivity contribution in [2.75, 3.05) is 0 Å². The Morgan fingerprint density at radius 3 is 2.59 bits per heavy atom. The van der Waals surface area contributed by atoms with Gasteiger partial charge in [0.2, 0.25) is 0 Å². The molecule has 0 unspecified atom stereocenters. The highest BCUT2D eigenvalue weighted by atomic mass is 79.9. The third-order valence-electron chi connectivity index (χ3n) is 4.46. The van der Waals surface area contributed by atoms with Crippen LogP contribution in [0.15, 0.2) is 22.7 Å². The number of nitrogens with zero attached hydrogens (tertiary/aromatic N) is 2. The molecule has 120 valence electrons. The fourth-order valence-electron chi connectivity index (χ4n) is 3.42. The Labute approximate surface area is 140 Å². The van der Waals surface area contributed by atoms with Gasteiger partial charge in [-0.25, -0.2) is 4.98 Å². The van der Waals surface area contributed by atoms with E-state index < -0.39 is 5.60 Å². The number of imidazole rings is 1. The van der Waals surface area contributed by atoms with Crippen LogP contribution in [0.3, 0.4) is 0 Å². The first-order valence-corrected chi connectivity index (χ1v) is 8.92. The number of fused-ring (bicyclic) bond motifs is 1. The van der Waals surface area contributed by atoms with Gasteiger partial charge in [0.05, 0.1) is 23.2 Å². The number of aliphatic hydroxyl groups is 1. The van der Waals surface area contributed by atoms with Gasteiger partial charge in [-0.3, -0.25) is 0 Å². The van der Waals surface area contributed by atoms with E-state index in [4.69, 9.17) is 4.98 Å². The average molecular weight is 365 g/mol. The maximum Gasteiger partial charge on any atom is 0.110 e. The van der Waals surface area contributed by atoms with Gasteiger partial charge in [-0.2, -0.15) is 0 Å². The van der Waals surface area contributed by atoms with Crippen LogP contribution in [-0.2, 0) is 13.0 Å². The van der Waals surface area contributed by atoms with E-state index in [-0.39, 0.29) is 5.41 Å². The molecular formula is C18H25BrN2O. The standard InChI is InChI=1S/C18H25BrN2O/c1-17(2,3)11-16-20-14-10-13(19)6-7-15(14)21(16)12-18(22)8-4-5-9-18/h6-7,10,22H,4-5,8-9,11-12H2,1-3H3. The largest absolute Gasteiger partial charge is 0.388 e. The smallest absolute Gasteiger partial charge is 0.110 e. The zero-order valence-corrected chi connectivity index (χ0v) is 15.3. The molecule has 22 heavy (non-hydrogen) atoms. The normalized spacial score (nSPS) is 18.2. The maximum absolute atomic E-state index is 10.8. The molecule has 1 aliphatic carbocycles. The SMILES string of the molecule is CC(C)(C)Cc1nc2cc(Br)ccc2n1CC1(O)CCCC1. The van der Waals surface area contributed by atoms with Gasteiger partial charge in [-0.05, 0) is 36.5 Å². The molecular weight excluding hydrogens is 340 g/mol. The highest BCUT2D eigenvalue weighted by molar-refractivity contribution is 9.10. The molecule has 0 spiro atoms. The quantitative estimate of drug-likeness (QED) is 0.857. The summed E-state index contributed by atoms with van der Waals surface area (Å²) in [5.74, 6) is 1.08. The van der Waals surface area contributed by atoms with Crippen molar-refractivity contribution in [3.63, 3.8) is 0 Å². The Hall–Kier alpha value is -0.870. The summed E-state index contributed by atoms with van der Waals surface area (Å²) < 4.78 is 3.30. The molecule has 1 fully saturated rings. The molecule has 2 aromatic rings. The second kappa shape index (κ2) is 5.64. The summed E-state index contributed by atoms with van der Waals surface area (Å²) in [6, 6.07) is 6.23. The number of rotatable bonds is 3. The highest BCUT2D eigenvalue weighted by Crippen LogP contribution is 2.34. The molecule has 0 radical (unpaired) electrons. The molecule has 1 heterocycles. The second-order valence-corrected chi connectivity index (χ2v) is 8.83. The summed E-state index contributed by atoms with van der Waals surface area (Å²) >= 11 is 3.53. The van der Waals surface area contributed by atoms with Crippen molar-refractivity contribution in [1.82, 2.24) is 9.55 Å². The van der Waals surface area contributed by atoms with Gasteiger partial charge in [-0.15, -0.1) is 0 Å². The molecule has 1 aliphatic rings. The first kappa shape index (κ1) is 16.0. The van der Waals surface area contributed by atoms with Crippen molar-refractivity contribution in [2.45, 2.75) is 65.0 Å².